The van der Waals surface area contributed by atoms with Crippen molar-refractivity contribution in [2.45, 2.75) is 48.9 Å². The molecule has 3 unspecified atom stereocenters. The number of nitrogens with one attached hydrogen (secondary N) is 1. The summed E-state index contributed by atoms with van der Waals surface area (Å²) in [6.07, 6.45) is 3.50. The van der Waals surface area contributed by atoms with Crippen LogP contribution in [0.15, 0.2) is 29.2 Å². The van der Waals surface area contributed by atoms with Crippen LogP contribution in [-0.2, 0) is 4.79 Å². The highest BCUT2D eigenvalue weighted by atomic mass is 32.2. The Labute approximate surface area is 140 Å². The molecule has 0 bridgehead atoms. The Kier molecular flexibility index (Phi) is 6.47. The second-order valence-corrected chi connectivity index (χ2v) is 7.30. The fourth-order valence-corrected chi connectivity index (χ4v) is 3.67. The summed E-state index contributed by atoms with van der Waals surface area (Å²) in [6.45, 7) is 2.05. The molecule has 1 saturated carbocycles. The average molecular weight is 337 g/mol. The Morgan fingerprint density at radius 2 is 2.00 bits per heavy atom. The molecule has 0 aliphatic heterocycles. The van der Waals surface area contributed by atoms with Crippen LogP contribution in [0.2, 0.25) is 0 Å². The SMILES string of the molecule is CC(Sc1ccccc1C(=O)NCC1CCCCC1O)C(=O)O. The minimum atomic E-state index is -0.907. The third-order valence-electron chi connectivity index (χ3n) is 4.18. The molecule has 0 spiro atoms. The second kappa shape index (κ2) is 8.36. The number of hydrogen-bond donors (Lipinski definition) is 3. The van der Waals surface area contributed by atoms with Gasteiger partial charge in [0.2, 0.25) is 0 Å². The predicted molar refractivity (Wildman–Crippen MR) is 89.7 cm³/mol. The number of carboxylic acid groups (broad SMARTS) is 1. The van der Waals surface area contributed by atoms with E-state index in [4.69, 9.17) is 5.11 Å². The number of rotatable bonds is 6. The molecule has 126 valence electrons. The number of carboxylic acids is 1. The summed E-state index contributed by atoms with van der Waals surface area (Å²) in [6, 6.07) is 7.01. The van der Waals surface area contributed by atoms with Crippen molar-refractivity contribution in [3.8, 4) is 0 Å². The van der Waals surface area contributed by atoms with Gasteiger partial charge in [-0.3, -0.25) is 9.59 Å². The Balaban J connectivity index is 2.00. The maximum absolute atomic E-state index is 12.4. The van der Waals surface area contributed by atoms with Gasteiger partial charge in [0.05, 0.1) is 11.7 Å². The van der Waals surface area contributed by atoms with Gasteiger partial charge in [-0.1, -0.05) is 25.0 Å². The number of thioether (sulfide) groups is 1. The van der Waals surface area contributed by atoms with Crippen molar-refractivity contribution >= 4 is 23.6 Å². The molecule has 1 aliphatic carbocycles. The molecule has 23 heavy (non-hydrogen) atoms. The summed E-state index contributed by atoms with van der Waals surface area (Å²) in [5.41, 5.74) is 0.482. The lowest BCUT2D eigenvalue weighted by atomic mass is 9.86. The van der Waals surface area contributed by atoms with E-state index in [1.165, 1.54) is 0 Å². The van der Waals surface area contributed by atoms with E-state index in [0.29, 0.717) is 17.0 Å². The van der Waals surface area contributed by atoms with Gasteiger partial charge in [0.1, 0.15) is 5.25 Å². The molecular formula is C17H23NO4S. The molecule has 1 aliphatic rings. The summed E-state index contributed by atoms with van der Waals surface area (Å²) in [4.78, 5) is 24.1. The minimum Gasteiger partial charge on any atom is -0.480 e. The van der Waals surface area contributed by atoms with Gasteiger partial charge in [-0.25, -0.2) is 0 Å². The molecular weight excluding hydrogens is 314 g/mol. The third kappa shape index (κ3) is 4.97. The van der Waals surface area contributed by atoms with Gasteiger partial charge in [-0.05, 0) is 31.9 Å². The van der Waals surface area contributed by atoms with Crippen molar-refractivity contribution in [2.75, 3.05) is 6.54 Å². The highest BCUT2D eigenvalue weighted by Gasteiger charge is 2.24. The zero-order chi connectivity index (χ0) is 16.8. The molecule has 0 saturated heterocycles. The largest absolute Gasteiger partial charge is 0.480 e. The molecule has 1 aromatic carbocycles. The number of aliphatic hydroxyl groups excluding tert-OH is 1. The molecule has 3 atom stereocenters. The van der Waals surface area contributed by atoms with Gasteiger partial charge in [0, 0.05) is 17.4 Å². The van der Waals surface area contributed by atoms with Gasteiger partial charge < -0.3 is 15.5 Å². The van der Waals surface area contributed by atoms with E-state index in [1.54, 1.807) is 31.2 Å². The van der Waals surface area contributed by atoms with E-state index in [9.17, 15) is 14.7 Å². The molecule has 1 amide bonds. The zero-order valence-electron chi connectivity index (χ0n) is 13.2. The number of carbonyl (C=O) groups excluding carboxylic acids is 1. The number of aliphatic hydroxyl groups is 1. The van der Waals surface area contributed by atoms with Crippen LogP contribution in [0.4, 0.5) is 0 Å². The maximum Gasteiger partial charge on any atom is 0.316 e. The van der Waals surface area contributed by atoms with E-state index in [0.717, 1.165) is 37.4 Å². The minimum absolute atomic E-state index is 0.102. The van der Waals surface area contributed by atoms with Gasteiger partial charge in [-0.2, -0.15) is 0 Å². The van der Waals surface area contributed by atoms with Crippen molar-refractivity contribution in [1.29, 1.82) is 0 Å². The van der Waals surface area contributed by atoms with Crippen molar-refractivity contribution in [3.63, 3.8) is 0 Å². The monoisotopic (exact) mass is 337 g/mol. The topological polar surface area (TPSA) is 86.6 Å². The Morgan fingerprint density at radius 3 is 2.70 bits per heavy atom. The van der Waals surface area contributed by atoms with Crippen LogP contribution in [-0.4, -0.2) is 40.0 Å². The Hall–Kier alpha value is -1.53. The third-order valence-corrected chi connectivity index (χ3v) is 5.34. The maximum atomic E-state index is 12.4. The molecule has 6 heteroatoms. The van der Waals surface area contributed by atoms with Crippen LogP contribution in [0.25, 0.3) is 0 Å². The average Bonchev–Trinajstić information content (AvgIpc) is 2.54. The van der Waals surface area contributed by atoms with Crippen LogP contribution in [0.1, 0.15) is 43.0 Å². The van der Waals surface area contributed by atoms with Crippen LogP contribution < -0.4 is 5.32 Å². The van der Waals surface area contributed by atoms with Crippen molar-refractivity contribution in [2.24, 2.45) is 5.92 Å². The second-order valence-electron chi connectivity index (χ2n) is 5.92. The first-order valence-corrected chi connectivity index (χ1v) is 8.81. The number of aliphatic carboxylic acids is 1. The summed E-state index contributed by atoms with van der Waals surface area (Å²) in [5.74, 6) is -1.02. The Bertz CT molecular complexity index is 563. The van der Waals surface area contributed by atoms with Crippen LogP contribution in [0.3, 0.4) is 0 Å². The number of carbonyl (C=O) groups is 2. The fraction of sp³-hybridized carbons (Fsp3) is 0.529. The molecule has 2 rings (SSSR count). The molecule has 3 N–H and O–H groups in total. The number of benzene rings is 1. The van der Waals surface area contributed by atoms with E-state index in [-0.39, 0.29) is 17.9 Å². The Morgan fingerprint density at radius 1 is 1.30 bits per heavy atom. The first-order chi connectivity index (χ1) is 11.0. The molecule has 1 aromatic rings. The predicted octanol–water partition coefficient (Wildman–Crippen LogP) is 2.53. The molecule has 1 fully saturated rings. The lowest BCUT2D eigenvalue weighted by molar-refractivity contribution is -0.136. The van der Waals surface area contributed by atoms with E-state index < -0.39 is 11.2 Å². The van der Waals surface area contributed by atoms with Gasteiger partial charge in [0.15, 0.2) is 0 Å². The van der Waals surface area contributed by atoms with Crippen molar-refractivity contribution in [1.82, 2.24) is 5.32 Å². The van der Waals surface area contributed by atoms with Gasteiger partial charge in [0.25, 0.3) is 5.91 Å². The van der Waals surface area contributed by atoms with Gasteiger partial charge in [-0.15, -0.1) is 11.8 Å². The van der Waals surface area contributed by atoms with Crippen molar-refractivity contribution < 1.29 is 19.8 Å². The summed E-state index contributed by atoms with van der Waals surface area (Å²) >= 11 is 1.16. The summed E-state index contributed by atoms with van der Waals surface area (Å²) in [5, 5.41) is 21.3. The molecule has 0 aromatic heterocycles. The lowest BCUT2D eigenvalue weighted by Crippen LogP contribution is -2.36. The van der Waals surface area contributed by atoms with E-state index in [2.05, 4.69) is 5.32 Å². The zero-order valence-corrected chi connectivity index (χ0v) is 14.0. The first-order valence-electron chi connectivity index (χ1n) is 7.93. The molecule has 0 heterocycles. The number of amides is 1. The summed E-state index contributed by atoms with van der Waals surface area (Å²) in [7, 11) is 0. The fourth-order valence-electron chi connectivity index (χ4n) is 2.74. The lowest BCUT2D eigenvalue weighted by Gasteiger charge is -2.27. The molecule has 0 radical (unpaired) electrons. The molecule has 5 nitrogen and oxygen atoms in total. The first kappa shape index (κ1) is 17.8. The van der Waals surface area contributed by atoms with Crippen LogP contribution >= 0.6 is 11.8 Å². The quantitative estimate of drug-likeness (QED) is 0.695. The normalized spacial score (nSPS) is 22.3. The van der Waals surface area contributed by atoms with Crippen LogP contribution in [0.5, 0.6) is 0 Å². The standard InChI is InChI=1S/C17H23NO4S/c1-11(17(21)22)23-15-9-5-3-7-13(15)16(20)18-10-12-6-2-4-8-14(12)19/h3,5,7,9,11-12,14,19H,2,4,6,8,10H2,1H3,(H,18,20)(H,21,22). The smallest absolute Gasteiger partial charge is 0.316 e. The van der Waals surface area contributed by atoms with Crippen LogP contribution in [0, 0.1) is 5.92 Å². The van der Waals surface area contributed by atoms with E-state index in [1.807, 2.05) is 0 Å². The summed E-state index contributed by atoms with van der Waals surface area (Å²) < 4.78 is 0. The highest BCUT2D eigenvalue weighted by molar-refractivity contribution is 8.00. The van der Waals surface area contributed by atoms with Crippen molar-refractivity contribution in [3.05, 3.63) is 29.8 Å². The number of hydrogen-bond acceptors (Lipinski definition) is 4. The highest BCUT2D eigenvalue weighted by Crippen LogP contribution is 2.27. The van der Waals surface area contributed by atoms with E-state index >= 15 is 0 Å². The van der Waals surface area contributed by atoms with Gasteiger partial charge >= 0.3 is 5.97 Å².